The predicted molar refractivity (Wildman–Crippen MR) is 89.8 cm³/mol. The number of nitrogens with zero attached hydrogens (tertiary/aromatic N) is 6. The van der Waals surface area contributed by atoms with E-state index in [1.807, 2.05) is 0 Å². The van der Waals surface area contributed by atoms with Gasteiger partial charge in [0.25, 0.3) is 0 Å². The lowest BCUT2D eigenvalue weighted by Gasteiger charge is -2.22. The molecule has 7 nitrogen and oxygen atoms in total. The van der Waals surface area contributed by atoms with Crippen LogP contribution in [0.5, 0.6) is 0 Å². The summed E-state index contributed by atoms with van der Waals surface area (Å²) in [7, 11) is 0. The summed E-state index contributed by atoms with van der Waals surface area (Å²) >= 11 is 7.44. The van der Waals surface area contributed by atoms with E-state index in [0.717, 1.165) is 55.8 Å². The second-order valence-electron chi connectivity index (χ2n) is 5.08. The van der Waals surface area contributed by atoms with Crippen LogP contribution in [0.1, 0.15) is 19.2 Å². The Hall–Kier alpha value is -1.67. The Labute approximate surface area is 138 Å². The summed E-state index contributed by atoms with van der Waals surface area (Å²) in [5.74, 6) is 1.91. The zero-order chi connectivity index (χ0) is 15.5. The van der Waals surface area contributed by atoms with Gasteiger partial charge in [0.2, 0.25) is 11.1 Å². The third-order valence-corrected chi connectivity index (χ3v) is 4.57. The Morgan fingerprint density at radius 3 is 2.68 bits per heavy atom. The van der Waals surface area contributed by atoms with Crippen molar-refractivity contribution in [1.29, 1.82) is 0 Å². The van der Waals surface area contributed by atoms with Crippen LogP contribution in [0.2, 0.25) is 5.15 Å². The van der Waals surface area contributed by atoms with Gasteiger partial charge in [-0.15, -0.1) is 0 Å². The van der Waals surface area contributed by atoms with Gasteiger partial charge in [-0.2, -0.15) is 9.36 Å². The largest absolute Gasteiger partial charge is 0.368 e. The van der Waals surface area contributed by atoms with Crippen LogP contribution in [0.3, 0.4) is 0 Å². The molecule has 0 aliphatic carbocycles. The first-order valence-corrected chi connectivity index (χ1v) is 8.43. The van der Waals surface area contributed by atoms with Crippen molar-refractivity contribution in [3.63, 3.8) is 0 Å². The molecule has 0 saturated carbocycles. The molecule has 3 heterocycles. The average Bonchev–Trinajstić information content (AvgIpc) is 2.83. The quantitative estimate of drug-likeness (QED) is 0.854. The van der Waals surface area contributed by atoms with Crippen LogP contribution in [-0.2, 0) is 6.42 Å². The topological polar surface area (TPSA) is 84.1 Å². The zero-order valence-electron chi connectivity index (χ0n) is 12.4. The minimum atomic E-state index is 0.209. The molecule has 118 valence electrons. The first kappa shape index (κ1) is 15.2. The van der Waals surface area contributed by atoms with Crippen molar-refractivity contribution in [3.8, 4) is 0 Å². The SMILES string of the molecule is CCc1nsc(N2CCCN(c3cc(Cl)nc(N)n3)CC2)n1. The minimum Gasteiger partial charge on any atom is -0.368 e. The van der Waals surface area contributed by atoms with Crippen LogP contribution in [0.15, 0.2) is 6.07 Å². The normalized spacial score (nSPS) is 15.9. The maximum absolute atomic E-state index is 5.97. The van der Waals surface area contributed by atoms with Crippen molar-refractivity contribution >= 4 is 40.0 Å². The number of aryl methyl sites for hydroxylation is 1. The van der Waals surface area contributed by atoms with Gasteiger partial charge in [0.1, 0.15) is 16.8 Å². The summed E-state index contributed by atoms with van der Waals surface area (Å²) < 4.78 is 4.36. The van der Waals surface area contributed by atoms with E-state index in [4.69, 9.17) is 17.3 Å². The monoisotopic (exact) mass is 339 g/mol. The van der Waals surface area contributed by atoms with E-state index >= 15 is 0 Å². The Bertz CT molecular complexity index is 627. The fraction of sp³-hybridized carbons (Fsp3) is 0.538. The van der Waals surface area contributed by atoms with Crippen molar-refractivity contribution in [2.75, 3.05) is 41.7 Å². The molecule has 9 heteroatoms. The molecule has 1 aliphatic rings. The molecular formula is C13H18ClN7S. The average molecular weight is 340 g/mol. The zero-order valence-corrected chi connectivity index (χ0v) is 13.9. The van der Waals surface area contributed by atoms with E-state index in [1.54, 1.807) is 6.07 Å². The summed E-state index contributed by atoms with van der Waals surface area (Å²) in [6.07, 6.45) is 1.89. The van der Waals surface area contributed by atoms with Crippen LogP contribution in [0.4, 0.5) is 16.9 Å². The number of hydrogen-bond acceptors (Lipinski definition) is 8. The number of anilines is 3. The maximum atomic E-state index is 5.97. The molecule has 2 aromatic heterocycles. The van der Waals surface area contributed by atoms with Crippen LogP contribution in [0.25, 0.3) is 0 Å². The van der Waals surface area contributed by atoms with Crippen molar-refractivity contribution < 1.29 is 0 Å². The van der Waals surface area contributed by atoms with Gasteiger partial charge in [-0.3, -0.25) is 0 Å². The number of nitrogen functional groups attached to an aromatic ring is 1. The highest BCUT2D eigenvalue weighted by molar-refractivity contribution is 7.09. The maximum Gasteiger partial charge on any atom is 0.223 e. The van der Waals surface area contributed by atoms with Crippen LogP contribution in [0, 0.1) is 0 Å². The van der Waals surface area contributed by atoms with E-state index in [0.29, 0.717) is 5.15 Å². The van der Waals surface area contributed by atoms with Gasteiger partial charge in [0.05, 0.1) is 0 Å². The van der Waals surface area contributed by atoms with Crippen molar-refractivity contribution in [2.45, 2.75) is 19.8 Å². The molecule has 0 aromatic carbocycles. The molecule has 0 bridgehead atoms. The highest BCUT2D eigenvalue weighted by Gasteiger charge is 2.19. The fourth-order valence-electron chi connectivity index (χ4n) is 2.44. The molecule has 1 saturated heterocycles. The van der Waals surface area contributed by atoms with Crippen LogP contribution >= 0.6 is 23.1 Å². The summed E-state index contributed by atoms with van der Waals surface area (Å²) in [6.45, 7) is 5.65. The first-order valence-electron chi connectivity index (χ1n) is 7.28. The molecule has 2 aromatic rings. The van der Waals surface area contributed by atoms with Crippen LogP contribution < -0.4 is 15.5 Å². The predicted octanol–water partition coefficient (Wildman–Crippen LogP) is 1.84. The van der Waals surface area contributed by atoms with E-state index in [1.165, 1.54) is 11.5 Å². The lowest BCUT2D eigenvalue weighted by Crippen LogP contribution is -2.31. The number of rotatable bonds is 3. The number of halogens is 1. The van der Waals surface area contributed by atoms with Gasteiger partial charge < -0.3 is 15.5 Å². The van der Waals surface area contributed by atoms with E-state index < -0.39 is 0 Å². The number of aromatic nitrogens is 4. The Morgan fingerprint density at radius 1 is 1.18 bits per heavy atom. The first-order chi connectivity index (χ1) is 10.7. The number of nitrogens with two attached hydrogens (primary N) is 1. The van der Waals surface area contributed by atoms with Gasteiger partial charge in [-0.25, -0.2) is 9.97 Å². The van der Waals surface area contributed by atoms with Crippen molar-refractivity contribution in [2.24, 2.45) is 0 Å². The molecule has 0 spiro atoms. The van der Waals surface area contributed by atoms with Crippen molar-refractivity contribution in [3.05, 3.63) is 17.0 Å². The third kappa shape index (κ3) is 3.38. The van der Waals surface area contributed by atoms with Gasteiger partial charge >= 0.3 is 0 Å². The standard InChI is InChI=1S/C13H18ClN7S/c1-2-10-17-13(22-19-10)21-5-3-4-20(6-7-21)11-8-9(14)16-12(15)18-11/h8H,2-7H2,1H3,(H2,15,16,18). The molecule has 0 unspecified atom stereocenters. The minimum absolute atomic E-state index is 0.209. The second-order valence-corrected chi connectivity index (χ2v) is 6.20. The smallest absolute Gasteiger partial charge is 0.223 e. The molecule has 22 heavy (non-hydrogen) atoms. The Balaban J connectivity index is 1.71. The molecule has 2 N–H and O–H groups in total. The molecule has 0 amide bonds. The summed E-state index contributed by atoms with van der Waals surface area (Å²) in [5.41, 5.74) is 5.68. The molecule has 1 aliphatic heterocycles. The van der Waals surface area contributed by atoms with E-state index in [-0.39, 0.29) is 5.95 Å². The Morgan fingerprint density at radius 2 is 1.95 bits per heavy atom. The molecule has 1 fully saturated rings. The van der Waals surface area contributed by atoms with Crippen LogP contribution in [-0.4, -0.2) is 45.5 Å². The third-order valence-electron chi connectivity index (χ3n) is 3.56. The highest BCUT2D eigenvalue weighted by Crippen LogP contribution is 2.22. The highest BCUT2D eigenvalue weighted by atomic mass is 35.5. The molecule has 0 atom stereocenters. The number of hydrogen-bond donors (Lipinski definition) is 1. The lowest BCUT2D eigenvalue weighted by atomic mass is 10.4. The second kappa shape index (κ2) is 6.62. The van der Waals surface area contributed by atoms with Gasteiger partial charge in [0, 0.05) is 50.2 Å². The van der Waals surface area contributed by atoms with Gasteiger partial charge in [-0.05, 0) is 6.42 Å². The molecule has 3 rings (SSSR count). The van der Waals surface area contributed by atoms with Gasteiger partial charge in [-0.1, -0.05) is 18.5 Å². The van der Waals surface area contributed by atoms with E-state index in [9.17, 15) is 0 Å². The van der Waals surface area contributed by atoms with E-state index in [2.05, 4.69) is 36.0 Å². The summed E-state index contributed by atoms with van der Waals surface area (Å²) in [6, 6.07) is 1.76. The van der Waals surface area contributed by atoms with Crippen molar-refractivity contribution in [1.82, 2.24) is 19.3 Å². The summed E-state index contributed by atoms with van der Waals surface area (Å²) in [4.78, 5) is 17.2. The molecular weight excluding hydrogens is 322 g/mol. The Kier molecular flexibility index (Phi) is 4.58. The summed E-state index contributed by atoms with van der Waals surface area (Å²) in [5, 5.41) is 1.37. The lowest BCUT2D eigenvalue weighted by molar-refractivity contribution is 0.795. The molecule has 0 radical (unpaired) electrons. The fourth-order valence-corrected chi connectivity index (χ4v) is 3.42. The van der Waals surface area contributed by atoms with Gasteiger partial charge in [0.15, 0.2) is 0 Å².